The molecule has 1 N–H and O–H groups in total. The van der Waals surface area contributed by atoms with Gasteiger partial charge in [0, 0.05) is 6.04 Å². The van der Waals surface area contributed by atoms with Crippen molar-refractivity contribution < 1.29 is 4.42 Å². The summed E-state index contributed by atoms with van der Waals surface area (Å²) in [5, 5.41) is 3.27. The molecular formula is C11H15N3OS. The van der Waals surface area contributed by atoms with Gasteiger partial charge in [-0.05, 0) is 6.92 Å². The molecule has 0 radical (unpaired) electrons. The minimum Gasteiger partial charge on any atom is -0.438 e. The van der Waals surface area contributed by atoms with E-state index < -0.39 is 0 Å². The van der Waals surface area contributed by atoms with E-state index in [0.717, 1.165) is 22.2 Å². The highest BCUT2D eigenvalue weighted by Gasteiger charge is 2.10. The van der Waals surface area contributed by atoms with E-state index in [0.29, 0.717) is 12.6 Å². The van der Waals surface area contributed by atoms with Crippen molar-refractivity contribution in [2.45, 2.75) is 33.4 Å². The van der Waals surface area contributed by atoms with E-state index in [-0.39, 0.29) is 0 Å². The van der Waals surface area contributed by atoms with E-state index in [1.165, 1.54) is 0 Å². The summed E-state index contributed by atoms with van der Waals surface area (Å²) in [6.45, 7) is 6.82. The van der Waals surface area contributed by atoms with Gasteiger partial charge in [-0.3, -0.25) is 0 Å². The number of rotatable bonds is 4. The van der Waals surface area contributed by atoms with Gasteiger partial charge < -0.3 is 9.73 Å². The molecule has 2 aromatic heterocycles. The van der Waals surface area contributed by atoms with Gasteiger partial charge in [0.15, 0.2) is 5.76 Å². The van der Waals surface area contributed by atoms with Crippen LogP contribution in [-0.4, -0.2) is 16.0 Å². The van der Waals surface area contributed by atoms with E-state index in [1.807, 2.05) is 12.4 Å². The molecule has 2 rings (SSSR count). The largest absolute Gasteiger partial charge is 0.438 e. The predicted octanol–water partition coefficient (Wildman–Crippen LogP) is 2.60. The third-order valence-corrected chi connectivity index (χ3v) is 3.13. The van der Waals surface area contributed by atoms with Gasteiger partial charge in [0.25, 0.3) is 0 Å². The lowest BCUT2D eigenvalue weighted by molar-refractivity contribution is 0.459. The molecule has 16 heavy (non-hydrogen) atoms. The molecule has 0 fully saturated rings. The normalized spacial score (nSPS) is 11.2. The summed E-state index contributed by atoms with van der Waals surface area (Å²) in [6, 6.07) is 0.431. The SMILES string of the molecule is Cc1ncsc1-c1cnc(CNC(C)C)o1. The topological polar surface area (TPSA) is 51.0 Å². The van der Waals surface area contributed by atoms with Crippen LogP contribution < -0.4 is 5.32 Å². The summed E-state index contributed by atoms with van der Waals surface area (Å²) < 4.78 is 5.66. The second kappa shape index (κ2) is 4.76. The van der Waals surface area contributed by atoms with Crippen LogP contribution in [-0.2, 0) is 6.54 Å². The summed E-state index contributed by atoms with van der Waals surface area (Å²) in [5.74, 6) is 1.53. The Morgan fingerprint density at radius 1 is 1.44 bits per heavy atom. The highest BCUT2D eigenvalue weighted by atomic mass is 32.1. The molecule has 0 spiro atoms. The minimum atomic E-state index is 0.431. The molecule has 0 bridgehead atoms. The Labute approximate surface area is 98.7 Å². The van der Waals surface area contributed by atoms with Crippen LogP contribution >= 0.6 is 11.3 Å². The highest BCUT2D eigenvalue weighted by Crippen LogP contribution is 2.27. The summed E-state index contributed by atoms with van der Waals surface area (Å²) in [4.78, 5) is 9.49. The second-order valence-electron chi connectivity index (χ2n) is 3.92. The maximum absolute atomic E-state index is 5.66. The van der Waals surface area contributed by atoms with E-state index in [9.17, 15) is 0 Å². The van der Waals surface area contributed by atoms with E-state index in [2.05, 4.69) is 29.1 Å². The first-order valence-corrected chi connectivity index (χ1v) is 6.13. The zero-order chi connectivity index (χ0) is 11.5. The zero-order valence-corrected chi connectivity index (χ0v) is 10.5. The number of hydrogen-bond donors (Lipinski definition) is 1. The van der Waals surface area contributed by atoms with Crippen LogP contribution in [0.5, 0.6) is 0 Å². The third kappa shape index (κ3) is 2.48. The summed E-state index contributed by atoms with van der Waals surface area (Å²) in [6.07, 6.45) is 1.76. The molecule has 0 atom stereocenters. The zero-order valence-electron chi connectivity index (χ0n) is 9.65. The van der Waals surface area contributed by atoms with Crippen LogP contribution in [0.4, 0.5) is 0 Å². The van der Waals surface area contributed by atoms with Crippen molar-refractivity contribution in [3.8, 4) is 10.6 Å². The molecule has 0 unspecified atom stereocenters. The average Bonchev–Trinajstić information content (AvgIpc) is 2.83. The van der Waals surface area contributed by atoms with Crippen molar-refractivity contribution in [1.82, 2.24) is 15.3 Å². The second-order valence-corrected chi connectivity index (χ2v) is 4.78. The van der Waals surface area contributed by atoms with Crippen LogP contribution in [0.3, 0.4) is 0 Å². The Morgan fingerprint density at radius 3 is 2.88 bits per heavy atom. The number of thiazole rings is 1. The molecule has 0 saturated heterocycles. The van der Waals surface area contributed by atoms with Crippen molar-refractivity contribution in [3.05, 3.63) is 23.3 Å². The van der Waals surface area contributed by atoms with E-state index >= 15 is 0 Å². The number of aromatic nitrogens is 2. The molecule has 2 aromatic rings. The monoisotopic (exact) mass is 237 g/mol. The van der Waals surface area contributed by atoms with Crippen molar-refractivity contribution in [1.29, 1.82) is 0 Å². The lowest BCUT2D eigenvalue weighted by atomic mass is 10.3. The van der Waals surface area contributed by atoms with Crippen molar-refractivity contribution in [2.24, 2.45) is 0 Å². The van der Waals surface area contributed by atoms with Gasteiger partial charge in [0.1, 0.15) is 0 Å². The van der Waals surface area contributed by atoms with Crippen molar-refractivity contribution in [3.63, 3.8) is 0 Å². The molecule has 0 aliphatic carbocycles. The van der Waals surface area contributed by atoms with Gasteiger partial charge in [-0.1, -0.05) is 13.8 Å². The Kier molecular flexibility index (Phi) is 3.36. The lowest BCUT2D eigenvalue weighted by Crippen LogP contribution is -2.21. The van der Waals surface area contributed by atoms with Gasteiger partial charge in [-0.2, -0.15) is 0 Å². The van der Waals surface area contributed by atoms with Crippen LogP contribution in [0, 0.1) is 6.92 Å². The fourth-order valence-corrected chi connectivity index (χ4v) is 2.08. The number of hydrogen-bond acceptors (Lipinski definition) is 5. The Hall–Kier alpha value is -1.20. The van der Waals surface area contributed by atoms with Crippen LogP contribution in [0.1, 0.15) is 25.4 Å². The Morgan fingerprint density at radius 2 is 2.25 bits per heavy atom. The Balaban J connectivity index is 2.11. The molecular weight excluding hydrogens is 222 g/mol. The smallest absolute Gasteiger partial charge is 0.208 e. The first-order valence-electron chi connectivity index (χ1n) is 5.25. The summed E-state index contributed by atoms with van der Waals surface area (Å²) >= 11 is 1.58. The lowest BCUT2D eigenvalue weighted by Gasteiger charge is -2.03. The van der Waals surface area contributed by atoms with Gasteiger partial charge in [0.2, 0.25) is 5.89 Å². The molecule has 2 heterocycles. The van der Waals surface area contributed by atoms with Gasteiger partial charge in [-0.15, -0.1) is 11.3 Å². The summed E-state index contributed by atoms with van der Waals surface area (Å²) in [5.41, 5.74) is 2.81. The van der Waals surface area contributed by atoms with Crippen molar-refractivity contribution >= 4 is 11.3 Å². The maximum atomic E-state index is 5.66. The van der Waals surface area contributed by atoms with Crippen LogP contribution in [0.2, 0.25) is 0 Å². The standard InChI is InChI=1S/C11H15N3OS/c1-7(2)12-5-10-13-4-9(15-10)11-8(3)14-6-16-11/h4,6-7,12H,5H2,1-3H3. The quantitative estimate of drug-likeness (QED) is 0.888. The number of aryl methyl sites for hydroxylation is 1. The molecule has 0 aliphatic rings. The van der Waals surface area contributed by atoms with Gasteiger partial charge in [-0.25, -0.2) is 9.97 Å². The average molecular weight is 237 g/mol. The minimum absolute atomic E-state index is 0.431. The van der Waals surface area contributed by atoms with Crippen LogP contribution in [0.25, 0.3) is 10.6 Å². The number of nitrogens with one attached hydrogen (secondary N) is 1. The molecule has 86 valence electrons. The van der Waals surface area contributed by atoms with Gasteiger partial charge in [0.05, 0.1) is 28.8 Å². The highest BCUT2D eigenvalue weighted by molar-refractivity contribution is 7.13. The van der Waals surface area contributed by atoms with Gasteiger partial charge >= 0.3 is 0 Å². The molecule has 0 aliphatic heterocycles. The fourth-order valence-electron chi connectivity index (χ4n) is 1.33. The number of oxazole rings is 1. The van der Waals surface area contributed by atoms with Crippen LogP contribution in [0.15, 0.2) is 16.1 Å². The maximum Gasteiger partial charge on any atom is 0.208 e. The molecule has 0 amide bonds. The summed E-state index contributed by atoms with van der Waals surface area (Å²) in [7, 11) is 0. The molecule has 0 saturated carbocycles. The van der Waals surface area contributed by atoms with E-state index in [4.69, 9.17) is 4.42 Å². The van der Waals surface area contributed by atoms with E-state index in [1.54, 1.807) is 17.5 Å². The third-order valence-electron chi connectivity index (χ3n) is 2.18. The first kappa shape index (κ1) is 11.3. The Bertz CT molecular complexity index is 461. The predicted molar refractivity (Wildman–Crippen MR) is 64.3 cm³/mol. The molecule has 0 aromatic carbocycles. The molecule has 4 nitrogen and oxygen atoms in total. The van der Waals surface area contributed by atoms with Crippen molar-refractivity contribution in [2.75, 3.05) is 0 Å². The molecule has 5 heteroatoms. The fraction of sp³-hybridized carbons (Fsp3) is 0.455. The first-order chi connectivity index (χ1) is 7.66. The number of nitrogens with zero attached hydrogens (tertiary/aromatic N) is 2.